The molecule has 1 saturated heterocycles. The van der Waals surface area contributed by atoms with E-state index in [1.807, 2.05) is 24.3 Å². The molecule has 1 heterocycles. The molecule has 6 heteroatoms. The first-order valence-electron chi connectivity index (χ1n) is 10.1. The Balaban J connectivity index is 1.76. The van der Waals surface area contributed by atoms with Gasteiger partial charge in [-0.1, -0.05) is 32.9 Å². The SMILES string of the molecule is CC(C)(C)c1ccc(C(=O)Nc2ccc(C(N)=O)c(NC3CCNCC3)c2)cc1. The number of rotatable bonds is 5. The molecule has 1 aliphatic rings. The van der Waals surface area contributed by atoms with E-state index in [0.29, 0.717) is 22.5 Å². The third-order valence-corrected chi connectivity index (χ3v) is 5.25. The number of amides is 2. The van der Waals surface area contributed by atoms with Crippen LogP contribution in [0.25, 0.3) is 0 Å². The van der Waals surface area contributed by atoms with Gasteiger partial charge in [0, 0.05) is 23.0 Å². The van der Waals surface area contributed by atoms with E-state index in [4.69, 9.17) is 5.73 Å². The van der Waals surface area contributed by atoms with Crippen LogP contribution in [-0.2, 0) is 5.41 Å². The third kappa shape index (κ3) is 5.35. The Morgan fingerprint density at radius 2 is 1.69 bits per heavy atom. The van der Waals surface area contributed by atoms with Crippen molar-refractivity contribution in [3.8, 4) is 0 Å². The highest BCUT2D eigenvalue weighted by atomic mass is 16.2. The van der Waals surface area contributed by atoms with Crippen molar-refractivity contribution in [3.05, 3.63) is 59.2 Å². The second-order valence-corrected chi connectivity index (χ2v) is 8.57. The van der Waals surface area contributed by atoms with Gasteiger partial charge >= 0.3 is 0 Å². The van der Waals surface area contributed by atoms with Crippen molar-refractivity contribution >= 4 is 23.2 Å². The Hall–Kier alpha value is -2.86. The Morgan fingerprint density at radius 3 is 2.28 bits per heavy atom. The average molecular weight is 395 g/mol. The molecule has 154 valence electrons. The van der Waals surface area contributed by atoms with E-state index in [1.54, 1.807) is 18.2 Å². The molecule has 0 aliphatic carbocycles. The summed E-state index contributed by atoms with van der Waals surface area (Å²) in [4.78, 5) is 24.5. The van der Waals surface area contributed by atoms with E-state index < -0.39 is 5.91 Å². The molecule has 0 unspecified atom stereocenters. The first-order chi connectivity index (χ1) is 13.7. The lowest BCUT2D eigenvalue weighted by atomic mass is 9.87. The van der Waals surface area contributed by atoms with Gasteiger partial charge in [-0.05, 0) is 67.2 Å². The molecule has 2 amide bonds. The van der Waals surface area contributed by atoms with Gasteiger partial charge in [0.2, 0.25) is 0 Å². The molecule has 0 radical (unpaired) electrons. The number of carbonyl (C=O) groups excluding carboxylic acids is 2. The summed E-state index contributed by atoms with van der Waals surface area (Å²) in [5, 5.41) is 9.65. The molecule has 2 aromatic carbocycles. The number of nitrogens with two attached hydrogens (primary N) is 1. The standard InChI is InChI=1S/C23H30N4O2/c1-23(2,3)16-6-4-15(5-7-16)22(29)27-18-8-9-19(21(24)28)20(14-18)26-17-10-12-25-13-11-17/h4-9,14,17,25-26H,10-13H2,1-3H3,(H2,24,28)(H,27,29). The molecule has 3 rings (SSSR count). The summed E-state index contributed by atoms with van der Waals surface area (Å²) in [7, 11) is 0. The lowest BCUT2D eigenvalue weighted by Gasteiger charge is -2.25. The van der Waals surface area contributed by atoms with Crippen LogP contribution in [0.15, 0.2) is 42.5 Å². The van der Waals surface area contributed by atoms with Gasteiger partial charge in [0.05, 0.1) is 5.56 Å². The highest BCUT2D eigenvalue weighted by Crippen LogP contribution is 2.25. The molecule has 0 spiro atoms. The van der Waals surface area contributed by atoms with Gasteiger partial charge in [0.25, 0.3) is 11.8 Å². The second kappa shape index (κ2) is 8.66. The molecule has 0 saturated carbocycles. The van der Waals surface area contributed by atoms with Crippen molar-refractivity contribution in [1.29, 1.82) is 0 Å². The molecule has 5 N–H and O–H groups in total. The number of piperidine rings is 1. The van der Waals surface area contributed by atoms with E-state index >= 15 is 0 Å². The molecule has 1 fully saturated rings. The summed E-state index contributed by atoms with van der Waals surface area (Å²) >= 11 is 0. The number of hydrogen-bond donors (Lipinski definition) is 4. The van der Waals surface area contributed by atoms with Gasteiger partial charge in [-0.3, -0.25) is 9.59 Å². The van der Waals surface area contributed by atoms with Gasteiger partial charge in [-0.2, -0.15) is 0 Å². The van der Waals surface area contributed by atoms with Crippen LogP contribution in [0, 0.1) is 0 Å². The van der Waals surface area contributed by atoms with Crippen molar-refractivity contribution in [2.75, 3.05) is 23.7 Å². The van der Waals surface area contributed by atoms with Crippen molar-refractivity contribution < 1.29 is 9.59 Å². The predicted molar refractivity (Wildman–Crippen MR) is 118 cm³/mol. The normalized spacial score (nSPS) is 15.0. The number of anilines is 2. The summed E-state index contributed by atoms with van der Waals surface area (Å²) in [6.45, 7) is 8.28. The number of nitrogens with one attached hydrogen (secondary N) is 3. The zero-order valence-corrected chi connectivity index (χ0v) is 17.3. The minimum Gasteiger partial charge on any atom is -0.382 e. The summed E-state index contributed by atoms with van der Waals surface area (Å²) in [5.41, 5.74) is 9.04. The van der Waals surface area contributed by atoms with Crippen molar-refractivity contribution in [2.24, 2.45) is 5.73 Å². The zero-order chi connectivity index (χ0) is 21.0. The van der Waals surface area contributed by atoms with Gasteiger partial charge in [-0.15, -0.1) is 0 Å². The van der Waals surface area contributed by atoms with E-state index in [0.717, 1.165) is 25.9 Å². The van der Waals surface area contributed by atoms with Crippen LogP contribution in [-0.4, -0.2) is 30.9 Å². The molecule has 6 nitrogen and oxygen atoms in total. The fourth-order valence-electron chi connectivity index (χ4n) is 3.47. The zero-order valence-electron chi connectivity index (χ0n) is 17.3. The molecule has 29 heavy (non-hydrogen) atoms. The quantitative estimate of drug-likeness (QED) is 0.624. The molecule has 0 atom stereocenters. The Morgan fingerprint density at radius 1 is 1.03 bits per heavy atom. The summed E-state index contributed by atoms with van der Waals surface area (Å²) in [6.07, 6.45) is 1.93. The second-order valence-electron chi connectivity index (χ2n) is 8.57. The molecule has 2 aromatic rings. The van der Waals surface area contributed by atoms with Crippen LogP contribution >= 0.6 is 0 Å². The largest absolute Gasteiger partial charge is 0.382 e. The van der Waals surface area contributed by atoms with Gasteiger partial charge < -0.3 is 21.7 Å². The van der Waals surface area contributed by atoms with E-state index in [2.05, 4.69) is 36.7 Å². The number of primary amides is 1. The molecular weight excluding hydrogens is 364 g/mol. The minimum absolute atomic E-state index is 0.0365. The monoisotopic (exact) mass is 394 g/mol. The maximum atomic E-state index is 12.7. The lowest BCUT2D eigenvalue weighted by Crippen LogP contribution is -2.35. The summed E-state index contributed by atoms with van der Waals surface area (Å²) in [6, 6.07) is 13.0. The molecule has 0 aromatic heterocycles. The maximum Gasteiger partial charge on any atom is 0.255 e. The maximum absolute atomic E-state index is 12.7. The Labute approximate surface area is 172 Å². The summed E-state index contributed by atoms with van der Waals surface area (Å²) in [5.74, 6) is -0.679. The Kier molecular flexibility index (Phi) is 6.23. The van der Waals surface area contributed by atoms with Gasteiger partial charge in [0.15, 0.2) is 0 Å². The highest BCUT2D eigenvalue weighted by Gasteiger charge is 2.18. The Bertz CT molecular complexity index is 879. The average Bonchev–Trinajstić information content (AvgIpc) is 2.68. The van der Waals surface area contributed by atoms with E-state index in [9.17, 15) is 9.59 Å². The van der Waals surface area contributed by atoms with Crippen LogP contribution in [0.4, 0.5) is 11.4 Å². The molecular formula is C23H30N4O2. The smallest absolute Gasteiger partial charge is 0.255 e. The van der Waals surface area contributed by atoms with Crippen molar-refractivity contribution in [3.63, 3.8) is 0 Å². The molecule has 0 bridgehead atoms. The fourth-order valence-corrected chi connectivity index (χ4v) is 3.47. The van der Waals surface area contributed by atoms with Crippen LogP contribution in [0.1, 0.15) is 59.9 Å². The number of benzene rings is 2. The lowest BCUT2D eigenvalue weighted by molar-refractivity contribution is 0.0999. The van der Waals surface area contributed by atoms with Crippen LogP contribution < -0.4 is 21.7 Å². The minimum atomic E-state index is -0.489. The highest BCUT2D eigenvalue weighted by molar-refractivity contribution is 6.05. The van der Waals surface area contributed by atoms with E-state index in [-0.39, 0.29) is 17.4 Å². The predicted octanol–water partition coefficient (Wildman–Crippen LogP) is 3.50. The first-order valence-corrected chi connectivity index (χ1v) is 10.1. The number of carbonyl (C=O) groups is 2. The third-order valence-electron chi connectivity index (χ3n) is 5.25. The van der Waals surface area contributed by atoms with Gasteiger partial charge in [0.1, 0.15) is 0 Å². The topological polar surface area (TPSA) is 96.2 Å². The van der Waals surface area contributed by atoms with Crippen LogP contribution in [0.3, 0.4) is 0 Å². The van der Waals surface area contributed by atoms with Crippen molar-refractivity contribution in [2.45, 2.75) is 45.1 Å². The molecule has 1 aliphatic heterocycles. The van der Waals surface area contributed by atoms with Crippen LogP contribution in [0.5, 0.6) is 0 Å². The number of hydrogen-bond acceptors (Lipinski definition) is 4. The first kappa shape index (κ1) is 20.9. The summed E-state index contributed by atoms with van der Waals surface area (Å²) < 4.78 is 0. The van der Waals surface area contributed by atoms with Gasteiger partial charge in [-0.25, -0.2) is 0 Å². The van der Waals surface area contributed by atoms with Crippen LogP contribution in [0.2, 0.25) is 0 Å². The van der Waals surface area contributed by atoms with E-state index in [1.165, 1.54) is 5.56 Å². The van der Waals surface area contributed by atoms with Crippen molar-refractivity contribution in [1.82, 2.24) is 5.32 Å². The fraction of sp³-hybridized carbons (Fsp3) is 0.391.